The summed E-state index contributed by atoms with van der Waals surface area (Å²) in [4.78, 5) is 11.1. The SMILES string of the molecule is CC(=O)c1ccc(-c2c[c]ccc2)cc1. The lowest BCUT2D eigenvalue weighted by Crippen LogP contribution is -1.90. The largest absolute Gasteiger partial charge is 0.295 e. The van der Waals surface area contributed by atoms with Crippen molar-refractivity contribution in [3.05, 3.63) is 60.2 Å². The molecule has 2 aromatic carbocycles. The van der Waals surface area contributed by atoms with E-state index in [0.29, 0.717) is 0 Å². The minimum Gasteiger partial charge on any atom is -0.295 e. The second-order valence-corrected chi connectivity index (χ2v) is 3.43. The lowest BCUT2D eigenvalue weighted by atomic mass is 10.0. The molecule has 0 amide bonds. The second-order valence-electron chi connectivity index (χ2n) is 3.43. The Balaban J connectivity index is 2.36. The van der Waals surface area contributed by atoms with Crippen molar-refractivity contribution in [1.82, 2.24) is 0 Å². The van der Waals surface area contributed by atoms with E-state index >= 15 is 0 Å². The third kappa shape index (κ3) is 2.13. The van der Waals surface area contributed by atoms with Gasteiger partial charge in [0.2, 0.25) is 0 Å². The maximum Gasteiger partial charge on any atom is 0.159 e. The number of ketones is 1. The van der Waals surface area contributed by atoms with Gasteiger partial charge < -0.3 is 0 Å². The first kappa shape index (κ1) is 9.66. The van der Waals surface area contributed by atoms with E-state index < -0.39 is 0 Å². The van der Waals surface area contributed by atoms with Crippen LogP contribution in [0.3, 0.4) is 0 Å². The number of benzene rings is 2. The number of hydrogen-bond donors (Lipinski definition) is 0. The van der Waals surface area contributed by atoms with Gasteiger partial charge in [0.1, 0.15) is 0 Å². The quantitative estimate of drug-likeness (QED) is 0.671. The van der Waals surface area contributed by atoms with Gasteiger partial charge in [0.05, 0.1) is 0 Å². The monoisotopic (exact) mass is 195 g/mol. The van der Waals surface area contributed by atoms with Crippen LogP contribution in [-0.4, -0.2) is 5.78 Å². The molecule has 0 aliphatic heterocycles. The lowest BCUT2D eigenvalue weighted by molar-refractivity contribution is 0.101. The summed E-state index contributed by atoms with van der Waals surface area (Å²) in [6.45, 7) is 1.57. The highest BCUT2D eigenvalue weighted by atomic mass is 16.1. The van der Waals surface area contributed by atoms with Gasteiger partial charge in [-0.2, -0.15) is 0 Å². The van der Waals surface area contributed by atoms with Crippen LogP contribution in [0.4, 0.5) is 0 Å². The van der Waals surface area contributed by atoms with Crippen LogP contribution in [0, 0.1) is 6.07 Å². The Hall–Kier alpha value is -1.89. The Morgan fingerprint density at radius 2 is 1.80 bits per heavy atom. The van der Waals surface area contributed by atoms with Crippen LogP contribution in [0.1, 0.15) is 17.3 Å². The van der Waals surface area contributed by atoms with E-state index in [4.69, 9.17) is 0 Å². The molecular formula is C14H11O. The summed E-state index contributed by atoms with van der Waals surface area (Å²) in [6.07, 6.45) is 0. The summed E-state index contributed by atoms with van der Waals surface area (Å²) in [5, 5.41) is 0. The molecule has 0 atom stereocenters. The van der Waals surface area contributed by atoms with E-state index in [9.17, 15) is 4.79 Å². The van der Waals surface area contributed by atoms with Crippen molar-refractivity contribution >= 4 is 5.78 Å². The Kier molecular flexibility index (Phi) is 2.64. The minimum atomic E-state index is 0.0983. The highest BCUT2D eigenvalue weighted by Gasteiger charge is 1.99. The van der Waals surface area contributed by atoms with Crippen molar-refractivity contribution in [3.8, 4) is 11.1 Å². The number of carbonyl (C=O) groups excluding carboxylic acids is 1. The van der Waals surface area contributed by atoms with Gasteiger partial charge in [0, 0.05) is 5.56 Å². The molecule has 2 aromatic rings. The molecule has 0 unspecified atom stereocenters. The molecule has 15 heavy (non-hydrogen) atoms. The fourth-order valence-electron chi connectivity index (χ4n) is 1.47. The molecule has 0 aromatic heterocycles. The summed E-state index contributed by atoms with van der Waals surface area (Å²) in [5.74, 6) is 0.0983. The third-order valence-corrected chi connectivity index (χ3v) is 2.33. The summed E-state index contributed by atoms with van der Waals surface area (Å²) in [5.41, 5.74) is 2.98. The first-order valence-electron chi connectivity index (χ1n) is 4.85. The maximum absolute atomic E-state index is 11.1. The molecule has 0 heterocycles. The van der Waals surface area contributed by atoms with E-state index in [2.05, 4.69) is 6.07 Å². The normalized spacial score (nSPS) is 9.93. The van der Waals surface area contributed by atoms with Gasteiger partial charge in [-0.25, -0.2) is 0 Å². The van der Waals surface area contributed by atoms with Crippen molar-refractivity contribution in [3.63, 3.8) is 0 Å². The average molecular weight is 195 g/mol. The first-order chi connectivity index (χ1) is 7.27. The van der Waals surface area contributed by atoms with Gasteiger partial charge in [-0.1, -0.05) is 42.5 Å². The van der Waals surface area contributed by atoms with E-state index in [1.54, 1.807) is 6.92 Å². The van der Waals surface area contributed by atoms with Gasteiger partial charge in [0.25, 0.3) is 0 Å². The molecule has 0 saturated carbocycles. The maximum atomic E-state index is 11.1. The summed E-state index contributed by atoms with van der Waals surface area (Å²) >= 11 is 0. The van der Waals surface area contributed by atoms with E-state index in [1.807, 2.05) is 48.5 Å². The fraction of sp³-hybridized carbons (Fsp3) is 0.0714. The summed E-state index contributed by atoms with van der Waals surface area (Å²) < 4.78 is 0. The predicted octanol–water partition coefficient (Wildman–Crippen LogP) is 3.36. The lowest BCUT2D eigenvalue weighted by Gasteiger charge is -2.01. The molecule has 1 nitrogen and oxygen atoms in total. The molecule has 2 rings (SSSR count). The standard InChI is InChI=1S/C14H11O/c1-11(15)12-7-9-14(10-8-12)13-5-3-2-4-6-13/h2-3,5-10H,1H3. The molecule has 73 valence electrons. The summed E-state index contributed by atoms with van der Waals surface area (Å²) in [6, 6.07) is 18.4. The molecule has 0 saturated heterocycles. The van der Waals surface area contributed by atoms with Crippen LogP contribution < -0.4 is 0 Å². The van der Waals surface area contributed by atoms with Gasteiger partial charge in [-0.05, 0) is 30.2 Å². The van der Waals surface area contributed by atoms with Crippen molar-refractivity contribution in [1.29, 1.82) is 0 Å². The molecule has 0 N–H and O–H groups in total. The topological polar surface area (TPSA) is 17.1 Å². The Morgan fingerprint density at radius 1 is 1.07 bits per heavy atom. The fourth-order valence-corrected chi connectivity index (χ4v) is 1.47. The van der Waals surface area contributed by atoms with Crippen molar-refractivity contribution < 1.29 is 4.79 Å². The zero-order valence-corrected chi connectivity index (χ0v) is 8.53. The smallest absolute Gasteiger partial charge is 0.159 e. The third-order valence-electron chi connectivity index (χ3n) is 2.33. The van der Waals surface area contributed by atoms with Crippen LogP contribution in [0.5, 0.6) is 0 Å². The van der Waals surface area contributed by atoms with Gasteiger partial charge in [-0.3, -0.25) is 4.79 Å². The zero-order chi connectivity index (χ0) is 10.7. The predicted molar refractivity (Wildman–Crippen MR) is 60.7 cm³/mol. The van der Waals surface area contributed by atoms with Crippen LogP contribution in [0.2, 0.25) is 0 Å². The van der Waals surface area contributed by atoms with Crippen LogP contribution >= 0.6 is 0 Å². The van der Waals surface area contributed by atoms with Gasteiger partial charge in [-0.15, -0.1) is 0 Å². The van der Waals surface area contributed by atoms with Crippen molar-refractivity contribution in [2.45, 2.75) is 6.92 Å². The molecule has 0 fully saturated rings. The van der Waals surface area contributed by atoms with Crippen molar-refractivity contribution in [2.24, 2.45) is 0 Å². The van der Waals surface area contributed by atoms with Gasteiger partial charge in [0.15, 0.2) is 5.78 Å². The number of rotatable bonds is 2. The Bertz CT molecular complexity index is 454. The molecule has 0 aliphatic carbocycles. The van der Waals surface area contributed by atoms with Crippen LogP contribution in [-0.2, 0) is 0 Å². The molecular weight excluding hydrogens is 184 g/mol. The zero-order valence-electron chi connectivity index (χ0n) is 8.53. The molecule has 1 heteroatoms. The molecule has 0 aliphatic rings. The van der Waals surface area contributed by atoms with E-state index in [0.717, 1.165) is 16.7 Å². The number of hydrogen-bond acceptors (Lipinski definition) is 1. The second kappa shape index (κ2) is 4.09. The Morgan fingerprint density at radius 3 is 2.33 bits per heavy atom. The van der Waals surface area contributed by atoms with E-state index in [-0.39, 0.29) is 5.78 Å². The highest BCUT2D eigenvalue weighted by Crippen LogP contribution is 2.18. The number of Topliss-reactive ketones (excluding diaryl/α,β-unsaturated/α-hetero) is 1. The summed E-state index contributed by atoms with van der Waals surface area (Å²) in [7, 11) is 0. The minimum absolute atomic E-state index is 0.0983. The van der Waals surface area contributed by atoms with Crippen LogP contribution in [0.15, 0.2) is 48.5 Å². The van der Waals surface area contributed by atoms with E-state index in [1.165, 1.54) is 0 Å². The highest BCUT2D eigenvalue weighted by molar-refractivity contribution is 5.94. The Labute approximate surface area is 89.4 Å². The molecule has 0 bridgehead atoms. The average Bonchev–Trinajstić information content (AvgIpc) is 2.30. The molecule has 0 spiro atoms. The first-order valence-corrected chi connectivity index (χ1v) is 4.85. The van der Waals surface area contributed by atoms with Crippen LogP contribution in [0.25, 0.3) is 11.1 Å². The number of carbonyl (C=O) groups is 1. The van der Waals surface area contributed by atoms with Crippen molar-refractivity contribution in [2.75, 3.05) is 0 Å². The van der Waals surface area contributed by atoms with Gasteiger partial charge >= 0.3 is 0 Å². The molecule has 1 radical (unpaired) electrons.